The Morgan fingerprint density at radius 3 is 2.28 bits per heavy atom. The molecule has 0 radical (unpaired) electrons. The molecule has 94 valence electrons. The summed E-state index contributed by atoms with van der Waals surface area (Å²) in [5.41, 5.74) is 0.853. The lowest BCUT2D eigenvalue weighted by molar-refractivity contribution is 0.551. The molecule has 2 aromatic rings. The van der Waals surface area contributed by atoms with E-state index >= 15 is 0 Å². The molecule has 0 heterocycles. The Balaban J connectivity index is 2.25. The van der Waals surface area contributed by atoms with Crippen molar-refractivity contribution < 1.29 is 8.78 Å². The van der Waals surface area contributed by atoms with E-state index in [-0.39, 0.29) is 5.56 Å². The molecular formula is C14H10BrClF2. The molecule has 2 aromatic carbocycles. The van der Waals surface area contributed by atoms with Crippen molar-refractivity contribution in [1.29, 1.82) is 0 Å². The van der Waals surface area contributed by atoms with Gasteiger partial charge in [0.15, 0.2) is 0 Å². The molecule has 0 aliphatic rings. The average molecular weight is 332 g/mol. The van der Waals surface area contributed by atoms with Crippen molar-refractivity contribution in [2.24, 2.45) is 0 Å². The van der Waals surface area contributed by atoms with E-state index in [4.69, 9.17) is 11.6 Å². The van der Waals surface area contributed by atoms with Crippen LogP contribution >= 0.6 is 27.5 Å². The molecule has 2 rings (SSSR count). The molecule has 0 saturated carbocycles. The fourth-order valence-corrected chi connectivity index (χ4v) is 2.62. The van der Waals surface area contributed by atoms with Gasteiger partial charge >= 0.3 is 0 Å². The van der Waals surface area contributed by atoms with Gasteiger partial charge in [0.05, 0.1) is 5.38 Å². The lowest BCUT2D eigenvalue weighted by atomic mass is 10.0. The van der Waals surface area contributed by atoms with Gasteiger partial charge in [-0.05, 0) is 36.2 Å². The van der Waals surface area contributed by atoms with Crippen LogP contribution in [0.3, 0.4) is 0 Å². The molecule has 0 saturated heterocycles. The van der Waals surface area contributed by atoms with Crippen LogP contribution in [0.1, 0.15) is 16.5 Å². The minimum Gasteiger partial charge on any atom is -0.207 e. The van der Waals surface area contributed by atoms with E-state index in [0.29, 0.717) is 6.42 Å². The molecule has 0 aliphatic carbocycles. The highest BCUT2D eigenvalue weighted by molar-refractivity contribution is 9.10. The lowest BCUT2D eigenvalue weighted by Crippen LogP contribution is -2.02. The van der Waals surface area contributed by atoms with Gasteiger partial charge in [0.25, 0.3) is 0 Å². The van der Waals surface area contributed by atoms with Crippen LogP contribution in [-0.2, 0) is 6.42 Å². The van der Waals surface area contributed by atoms with Crippen LogP contribution in [0, 0.1) is 11.6 Å². The highest BCUT2D eigenvalue weighted by Crippen LogP contribution is 2.30. The van der Waals surface area contributed by atoms with Gasteiger partial charge in [-0.3, -0.25) is 0 Å². The monoisotopic (exact) mass is 330 g/mol. The Kier molecular flexibility index (Phi) is 4.36. The first-order chi connectivity index (χ1) is 8.58. The molecule has 0 aromatic heterocycles. The van der Waals surface area contributed by atoms with Gasteiger partial charge in [0.1, 0.15) is 11.6 Å². The molecular weight excluding hydrogens is 322 g/mol. The van der Waals surface area contributed by atoms with Crippen LogP contribution in [0.2, 0.25) is 0 Å². The summed E-state index contributed by atoms with van der Waals surface area (Å²) in [6, 6.07) is 11.3. The average Bonchev–Trinajstić information content (AvgIpc) is 2.28. The van der Waals surface area contributed by atoms with E-state index < -0.39 is 17.0 Å². The summed E-state index contributed by atoms with van der Waals surface area (Å²) in [4.78, 5) is 0. The number of benzene rings is 2. The molecule has 1 atom stereocenters. The van der Waals surface area contributed by atoms with Gasteiger partial charge < -0.3 is 0 Å². The summed E-state index contributed by atoms with van der Waals surface area (Å²) in [7, 11) is 0. The summed E-state index contributed by atoms with van der Waals surface area (Å²) >= 11 is 9.45. The zero-order valence-corrected chi connectivity index (χ0v) is 11.7. The molecule has 4 heteroatoms. The Morgan fingerprint density at radius 2 is 1.67 bits per heavy atom. The molecule has 0 amide bonds. The van der Waals surface area contributed by atoms with Gasteiger partial charge in [-0.1, -0.05) is 34.1 Å². The Morgan fingerprint density at radius 1 is 1.06 bits per heavy atom. The molecule has 0 spiro atoms. The van der Waals surface area contributed by atoms with Crippen molar-refractivity contribution >= 4 is 27.5 Å². The molecule has 0 N–H and O–H groups in total. The van der Waals surface area contributed by atoms with Crippen LogP contribution in [0.15, 0.2) is 46.9 Å². The second-order valence-corrected chi connectivity index (χ2v) is 5.38. The second-order valence-electron chi connectivity index (χ2n) is 3.94. The maximum absolute atomic E-state index is 13.5. The van der Waals surface area contributed by atoms with E-state index in [0.717, 1.165) is 10.0 Å². The zero-order valence-electron chi connectivity index (χ0n) is 9.34. The topological polar surface area (TPSA) is 0 Å². The van der Waals surface area contributed by atoms with Crippen molar-refractivity contribution in [1.82, 2.24) is 0 Å². The molecule has 0 fully saturated rings. The first-order valence-corrected chi connectivity index (χ1v) is 6.63. The summed E-state index contributed by atoms with van der Waals surface area (Å²) in [5.74, 6) is -1.21. The quantitative estimate of drug-likeness (QED) is 0.674. The number of hydrogen-bond acceptors (Lipinski definition) is 0. The van der Waals surface area contributed by atoms with Crippen molar-refractivity contribution in [3.8, 4) is 0 Å². The van der Waals surface area contributed by atoms with Crippen LogP contribution in [0.5, 0.6) is 0 Å². The Labute approximate surface area is 118 Å². The molecule has 18 heavy (non-hydrogen) atoms. The highest BCUT2D eigenvalue weighted by Gasteiger charge is 2.18. The van der Waals surface area contributed by atoms with E-state index in [1.807, 2.05) is 24.3 Å². The first-order valence-electron chi connectivity index (χ1n) is 5.40. The van der Waals surface area contributed by atoms with Crippen LogP contribution < -0.4 is 0 Å². The highest BCUT2D eigenvalue weighted by atomic mass is 79.9. The number of alkyl halides is 1. The van der Waals surface area contributed by atoms with Crippen LogP contribution in [0.25, 0.3) is 0 Å². The Bertz CT molecular complexity index is 537. The van der Waals surface area contributed by atoms with Crippen molar-refractivity contribution in [3.63, 3.8) is 0 Å². The summed E-state index contributed by atoms with van der Waals surface area (Å²) < 4.78 is 28.0. The van der Waals surface area contributed by atoms with Crippen molar-refractivity contribution in [2.75, 3.05) is 0 Å². The molecule has 0 bridgehead atoms. The minimum atomic E-state index is -0.722. The number of hydrogen-bond donors (Lipinski definition) is 0. The summed E-state index contributed by atoms with van der Waals surface area (Å²) in [6.45, 7) is 0. The fourth-order valence-electron chi connectivity index (χ4n) is 1.78. The zero-order chi connectivity index (χ0) is 13.1. The maximum atomic E-state index is 13.5. The third-order valence-electron chi connectivity index (χ3n) is 2.62. The molecule has 0 aliphatic heterocycles. The number of rotatable bonds is 3. The molecule has 0 nitrogen and oxygen atoms in total. The SMILES string of the molecule is Fc1cccc(F)c1C(Cl)Cc1cccc(Br)c1. The van der Waals surface area contributed by atoms with Gasteiger partial charge in [-0.2, -0.15) is 0 Å². The Hall–Kier alpha value is -0.930. The standard InChI is InChI=1S/C14H10BrClF2/c15-10-4-1-3-9(7-10)8-11(16)14-12(17)5-2-6-13(14)18/h1-7,11H,8H2. The van der Waals surface area contributed by atoms with E-state index in [9.17, 15) is 8.78 Å². The van der Waals surface area contributed by atoms with Gasteiger partial charge in [0, 0.05) is 10.0 Å². The molecule has 1 unspecified atom stereocenters. The fraction of sp³-hybridized carbons (Fsp3) is 0.143. The van der Waals surface area contributed by atoms with Gasteiger partial charge in [0.2, 0.25) is 0 Å². The third-order valence-corrected chi connectivity index (χ3v) is 3.48. The van der Waals surface area contributed by atoms with Crippen molar-refractivity contribution in [3.05, 3.63) is 69.7 Å². The summed E-state index contributed by atoms with van der Waals surface area (Å²) in [5, 5.41) is -0.722. The van der Waals surface area contributed by atoms with Gasteiger partial charge in [-0.15, -0.1) is 11.6 Å². The van der Waals surface area contributed by atoms with E-state index in [1.165, 1.54) is 18.2 Å². The smallest absolute Gasteiger partial charge is 0.130 e. The summed E-state index contributed by atoms with van der Waals surface area (Å²) in [6.07, 6.45) is 0.374. The van der Waals surface area contributed by atoms with Crippen LogP contribution in [-0.4, -0.2) is 0 Å². The normalized spacial score (nSPS) is 12.4. The van der Waals surface area contributed by atoms with E-state index in [2.05, 4.69) is 15.9 Å². The predicted octanol–water partition coefficient (Wildman–Crippen LogP) is 5.25. The maximum Gasteiger partial charge on any atom is 0.130 e. The van der Waals surface area contributed by atoms with Gasteiger partial charge in [-0.25, -0.2) is 8.78 Å². The number of halogens is 4. The third kappa shape index (κ3) is 3.09. The minimum absolute atomic E-state index is 0.0702. The lowest BCUT2D eigenvalue weighted by Gasteiger charge is -2.12. The van der Waals surface area contributed by atoms with Crippen LogP contribution in [0.4, 0.5) is 8.78 Å². The largest absolute Gasteiger partial charge is 0.207 e. The van der Waals surface area contributed by atoms with Crippen molar-refractivity contribution in [2.45, 2.75) is 11.8 Å². The predicted molar refractivity (Wildman–Crippen MR) is 72.8 cm³/mol. The first kappa shape index (κ1) is 13.5. The van der Waals surface area contributed by atoms with E-state index in [1.54, 1.807) is 0 Å². The second kappa shape index (κ2) is 5.81.